The lowest BCUT2D eigenvalue weighted by molar-refractivity contribution is 0.402. The van der Waals surface area contributed by atoms with Crippen LogP contribution in [0.25, 0.3) is 0 Å². The highest BCUT2D eigenvalue weighted by molar-refractivity contribution is 7.11. The Kier molecular flexibility index (Phi) is 5.38. The standard InChI is InChI=1S/C12H23N3S/c1-5-8(2)11(13)7-14-10(4)12-15-6-9(3)16-12/h6,8,10-11,14H,5,7,13H2,1-4H3. The molecule has 0 amide bonds. The molecule has 0 spiro atoms. The van der Waals surface area contributed by atoms with Crippen LogP contribution in [-0.4, -0.2) is 17.6 Å². The molecule has 0 aliphatic rings. The van der Waals surface area contributed by atoms with Crippen molar-refractivity contribution < 1.29 is 0 Å². The van der Waals surface area contributed by atoms with Gasteiger partial charge in [0.1, 0.15) is 5.01 Å². The number of nitrogens with one attached hydrogen (secondary N) is 1. The normalized spacial score (nSPS) is 17.1. The third-order valence-corrected chi connectivity index (χ3v) is 4.14. The van der Waals surface area contributed by atoms with Gasteiger partial charge in [-0.3, -0.25) is 0 Å². The van der Waals surface area contributed by atoms with Crippen molar-refractivity contribution in [2.75, 3.05) is 6.54 Å². The van der Waals surface area contributed by atoms with Gasteiger partial charge in [-0.1, -0.05) is 20.3 Å². The maximum Gasteiger partial charge on any atom is 0.109 e. The first kappa shape index (κ1) is 13.6. The van der Waals surface area contributed by atoms with E-state index >= 15 is 0 Å². The lowest BCUT2D eigenvalue weighted by atomic mass is 10.00. The molecule has 0 radical (unpaired) electrons. The molecule has 0 saturated carbocycles. The summed E-state index contributed by atoms with van der Waals surface area (Å²) in [6, 6.07) is 0.530. The van der Waals surface area contributed by atoms with Crippen LogP contribution in [0, 0.1) is 12.8 Å². The summed E-state index contributed by atoms with van der Waals surface area (Å²) in [6.07, 6.45) is 3.06. The summed E-state index contributed by atoms with van der Waals surface area (Å²) >= 11 is 1.75. The monoisotopic (exact) mass is 241 g/mol. The first-order valence-corrected chi connectivity index (χ1v) is 6.77. The maximum atomic E-state index is 6.08. The van der Waals surface area contributed by atoms with E-state index in [1.165, 1.54) is 4.88 Å². The Morgan fingerprint density at radius 3 is 2.69 bits per heavy atom. The number of nitrogens with two attached hydrogens (primary N) is 1. The van der Waals surface area contributed by atoms with Crippen LogP contribution in [0.5, 0.6) is 0 Å². The lowest BCUT2D eigenvalue weighted by Gasteiger charge is -2.20. The summed E-state index contributed by atoms with van der Waals surface area (Å²) in [5.41, 5.74) is 6.08. The van der Waals surface area contributed by atoms with Gasteiger partial charge < -0.3 is 11.1 Å². The van der Waals surface area contributed by atoms with Crippen LogP contribution in [0.4, 0.5) is 0 Å². The van der Waals surface area contributed by atoms with Crippen molar-refractivity contribution in [1.29, 1.82) is 0 Å². The van der Waals surface area contributed by atoms with Gasteiger partial charge >= 0.3 is 0 Å². The molecular weight excluding hydrogens is 218 g/mol. The molecule has 0 bridgehead atoms. The number of nitrogens with zero attached hydrogens (tertiary/aromatic N) is 1. The molecule has 1 aromatic rings. The van der Waals surface area contributed by atoms with Crippen molar-refractivity contribution in [3.63, 3.8) is 0 Å². The molecule has 3 nitrogen and oxygen atoms in total. The molecule has 0 aliphatic heterocycles. The van der Waals surface area contributed by atoms with Gasteiger partial charge in [-0.15, -0.1) is 11.3 Å². The van der Waals surface area contributed by atoms with Gasteiger partial charge in [0.25, 0.3) is 0 Å². The van der Waals surface area contributed by atoms with Crippen molar-refractivity contribution in [1.82, 2.24) is 10.3 Å². The summed E-state index contributed by atoms with van der Waals surface area (Å²) in [7, 11) is 0. The van der Waals surface area contributed by atoms with E-state index in [1.807, 2.05) is 6.20 Å². The zero-order chi connectivity index (χ0) is 12.1. The Balaban J connectivity index is 2.38. The van der Waals surface area contributed by atoms with Gasteiger partial charge in [0.15, 0.2) is 0 Å². The summed E-state index contributed by atoms with van der Waals surface area (Å²) in [6.45, 7) is 9.46. The van der Waals surface area contributed by atoms with Gasteiger partial charge in [0.05, 0.1) is 6.04 Å². The Labute approximate surface area is 102 Å². The summed E-state index contributed by atoms with van der Waals surface area (Å²) in [4.78, 5) is 5.63. The highest BCUT2D eigenvalue weighted by atomic mass is 32.1. The molecule has 1 aromatic heterocycles. The Hall–Kier alpha value is -0.450. The molecule has 4 heteroatoms. The van der Waals surface area contributed by atoms with E-state index in [2.05, 4.69) is 38.0 Å². The van der Waals surface area contributed by atoms with Gasteiger partial charge in [-0.05, 0) is 19.8 Å². The molecule has 1 rings (SSSR count). The molecule has 16 heavy (non-hydrogen) atoms. The van der Waals surface area contributed by atoms with Gasteiger partial charge in [0, 0.05) is 23.7 Å². The van der Waals surface area contributed by atoms with Crippen molar-refractivity contribution >= 4 is 11.3 Å². The summed E-state index contributed by atoms with van der Waals surface area (Å²) in [5, 5.41) is 4.60. The van der Waals surface area contributed by atoms with Crippen LogP contribution in [0.2, 0.25) is 0 Å². The Morgan fingerprint density at radius 2 is 2.19 bits per heavy atom. The van der Waals surface area contributed by atoms with E-state index in [9.17, 15) is 0 Å². The number of hydrogen-bond donors (Lipinski definition) is 2. The largest absolute Gasteiger partial charge is 0.326 e. The third-order valence-electron chi connectivity index (χ3n) is 3.04. The predicted molar refractivity (Wildman–Crippen MR) is 70.7 cm³/mol. The first-order chi connectivity index (χ1) is 7.54. The number of aromatic nitrogens is 1. The molecule has 3 unspecified atom stereocenters. The van der Waals surface area contributed by atoms with Crippen LogP contribution in [0.3, 0.4) is 0 Å². The fourth-order valence-corrected chi connectivity index (χ4v) is 2.28. The third kappa shape index (κ3) is 3.85. The zero-order valence-electron chi connectivity index (χ0n) is 10.7. The molecule has 3 N–H and O–H groups in total. The number of rotatable bonds is 6. The van der Waals surface area contributed by atoms with Crippen LogP contribution < -0.4 is 11.1 Å². The average molecular weight is 241 g/mol. The van der Waals surface area contributed by atoms with Gasteiger partial charge in [0.2, 0.25) is 0 Å². The van der Waals surface area contributed by atoms with E-state index in [1.54, 1.807) is 11.3 Å². The maximum absolute atomic E-state index is 6.08. The highest BCUT2D eigenvalue weighted by Crippen LogP contribution is 2.18. The Morgan fingerprint density at radius 1 is 1.50 bits per heavy atom. The molecule has 0 aliphatic carbocycles. The van der Waals surface area contributed by atoms with E-state index in [0.717, 1.165) is 18.0 Å². The quantitative estimate of drug-likeness (QED) is 0.804. The van der Waals surface area contributed by atoms with Gasteiger partial charge in [-0.2, -0.15) is 0 Å². The fourth-order valence-electron chi connectivity index (χ4n) is 1.48. The Bertz CT molecular complexity index is 311. The van der Waals surface area contributed by atoms with E-state index in [0.29, 0.717) is 12.0 Å². The minimum atomic E-state index is 0.230. The van der Waals surface area contributed by atoms with Crippen LogP contribution in [-0.2, 0) is 0 Å². The summed E-state index contributed by atoms with van der Waals surface area (Å²) in [5.74, 6) is 0.567. The second-order valence-corrected chi connectivity index (χ2v) is 5.75. The van der Waals surface area contributed by atoms with E-state index < -0.39 is 0 Å². The fraction of sp³-hybridized carbons (Fsp3) is 0.750. The number of hydrogen-bond acceptors (Lipinski definition) is 4. The molecule has 0 aromatic carbocycles. The average Bonchev–Trinajstić information content (AvgIpc) is 2.71. The predicted octanol–water partition coefficient (Wildman–Crippen LogP) is 2.48. The number of thiazole rings is 1. The van der Waals surface area contributed by atoms with Crippen molar-refractivity contribution in [3.05, 3.63) is 16.1 Å². The molecule has 92 valence electrons. The van der Waals surface area contributed by atoms with E-state index in [-0.39, 0.29) is 6.04 Å². The summed E-state index contributed by atoms with van der Waals surface area (Å²) < 4.78 is 0. The van der Waals surface area contributed by atoms with Crippen LogP contribution >= 0.6 is 11.3 Å². The molecule has 0 saturated heterocycles. The van der Waals surface area contributed by atoms with Gasteiger partial charge in [-0.25, -0.2) is 4.98 Å². The van der Waals surface area contributed by atoms with Crippen molar-refractivity contribution in [2.45, 2.75) is 46.2 Å². The molecule has 0 fully saturated rings. The second-order valence-electron chi connectivity index (χ2n) is 4.49. The zero-order valence-corrected chi connectivity index (χ0v) is 11.5. The lowest BCUT2D eigenvalue weighted by Crippen LogP contribution is -2.39. The smallest absolute Gasteiger partial charge is 0.109 e. The molecular formula is C12H23N3S. The second kappa shape index (κ2) is 6.33. The van der Waals surface area contributed by atoms with Crippen LogP contribution in [0.1, 0.15) is 43.1 Å². The van der Waals surface area contributed by atoms with Crippen LogP contribution in [0.15, 0.2) is 6.20 Å². The first-order valence-electron chi connectivity index (χ1n) is 5.95. The minimum absolute atomic E-state index is 0.230. The number of aryl methyl sites for hydroxylation is 1. The van der Waals surface area contributed by atoms with E-state index in [4.69, 9.17) is 5.73 Å². The minimum Gasteiger partial charge on any atom is -0.326 e. The van der Waals surface area contributed by atoms with Crippen molar-refractivity contribution in [3.8, 4) is 0 Å². The highest BCUT2D eigenvalue weighted by Gasteiger charge is 2.14. The van der Waals surface area contributed by atoms with Crippen molar-refractivity contribution in [2.24, 2.45) is 11.7 Å². The SMILES string of the molecule is CCC(C)C(N)CNC(C)c1ncc(C)s1. The molecule has 3 atom stereocenters. The molecule has 1 heterocycles. The topological polar surface area (TPSA) is 50.9 Å².